The van der Waals surface area contributed by atoms with E-state index in [1.54, 1.807) is 0 Å². The highest BCUT2D eigenvalue weighted by Crippen LogP contribution is 2.45. The Labute approximate surface area is 374 Å². The van der Waals surface area contributed by atoms with Crippen molar-refractivity contribution in [3.63, 3.8) is 0 Å². The van der Waals surface area contributed by atoms with Gasteiger partial charge in [-0.25, -0.2) is 4.98 Å². The zero-order valence-corrected chi connectivity index (χ0v) is 38.6. The van der Waals surface area contributed by atoms with Gasteiger partial charge in [-0.1, -0.05) is 160 Å². The Balaban J connectivity index is 1.14. The Kier molecular flexibility index (Phi) is 10.4. The van der Waals surface area contributed by atoms with Crippen molar-refractivity contribution in [2.24, 2.45) is 0 Å². The van der Waals surface area contributed by atoms with Crippen molar-refractivity contribution in [1.82, 2.24) is 9.55 Å². The van der Waals surface area contributed by atoms with Crippen LogP contribution in [0.2, 0.25) is 0 Å². The average Bonchev–Trinajstić information content (AvgIpc) is 3.90. The van der Waals surface area contributed by atoms with Crippen LogP contribution in [-0.2, 0) is 21.7 Å². The van der Waals surface area contributed by atoms with Crippen LogP contribution in [0, 0.1) is 0 Å². The van der Waals surface area contributed by atoms with Crippen molar-refractivity contribution in [3.05, 3.63) is 204 Å². The summed E-state index contributed by atoms with van der Waals surface area (Å²) in [5.41, 5.74) is 11.3. The van der Waals surface area contributed by atoms with Gasteiger partial charge >= 0.3 is 0 Å². The van der Waals surface area contributed by atoms with Gasteiger partial charge in [-0.05, 0) is 92.7 Å². The first-order valence-corrected chi connectivity index (χ1v) is 22.3. The van der Waals surface area contributed by atoms with Gasteiger partial charge in [-0.3, -0.25) is 4.57 Å². The maximum atomic E-state index is 7.17. The molecule has 318 valence electrons. The Bertz CT molecular complexity index is 2980. The van der Waals surface area contributed by atoms with Gasteiger partial charge in [-0.15, -0.1) is 0 Å². The number of pyridine rings is 1. The first kappa shape index (κ1) is 41.7. The SMILES string of the molecule is CC(C)(C)c1cc(Oc2cc(C(C)(C)c3ccccc3)c3c4ccccc4n(-c4cc(C(C)(C)C)ccn4)c3c2)cc(N2C=CN(c3cccc(C(C)(C)c4ccccc4)c3)C2)c1. The summed E-state index contributed by atoms with van der Waals surface area (Å²) in [7, 11) is 0. The maximum absolute atomic E-state index is 7.17. The summed E-state index contributed by atoms with van der Waals surface area (Å²) in [6.07, 6.45) is 6.32. The van der Waals surface area contributed by atoms with Crippen LogP contribution in [0.3, 0.4) is 0 Å². The Morgan fingerprint density at radius 2 is 1.05 bits per heavy atom. The molecule has 3 heterocycles. The molecular weight excluding hydrogens is 769 g/mol. The lowest BCUT2D eigenvalue weighted by molar-refractivity contribution is 0.477. The number of anilines is 2. The smallest absolute Gasteiger partial charge is 0.137 e. The predicted molar refractivity (Wildman–Crippen MR) is 265 cm³/mol. The van der Waals surface area contributed by atoms with E-state index in [1.165, 1.54) is 49.8 Å². The van der Waals surface area contributed by atoms with Crippen LogP contribution in [0.1, 0.15) is 103 Å². The summed E-state index contributed by atoms with van der Waals surface area (Å²) in [5, 5.41) is 2.40. The van der Waals surface area contributed by atoms with Gasteiger partial charge in [0.2, 0.25) is 0 Å². The molecule has 0 spiro atoms. The first-order valence-electron chi connectivity index (χ1n) is 22.3. The summed E-state index contributed by atoms with van der Waals surface area (Å²) in [5.74, 6) is 2.48. The van der Waals surface area contributed by atoms with E-state index in [9.17, 15) is 0 Å². The molecule has 6 aromatic carbocycles. The van der Waals surface area contributed by atoms with Crippen LogP contribution in [0.15, 0.2) is 170 Å². The lowest BCUT2D eigenvalue weighted by Crippen LogP contribution is -2.26. The minimum absolute atomic E-state index is 0.0359. The molecule has 0 saturated heterocycles. The van der Waals surface area contributed by atoms with Gasteiger partial charge in [0, 0.05) is 63.7 Å². The summed E-state index contributed by atoms with van der Waals surface area (Å²) < 4.78 is 9.50. The number of aromatic nitrogens is 2. The molecule has 0 amide bonds. The third-order valence-electron chi connectivity index (χ3n) is 13.2. The van der Waals surface area contributed by atoms with E-state index in [0.29, 0.717) is 6.67 Å². The summed E-state index contributed by atoms with van der Waals surface area (Å²) >= 11 is 0. The number of nitrogens with zero attached hydrogens (tertiary/aromatic N) is 4. The molecule has 0 atom stereocenters. The van der Waals surface area contributed by atoms with Gasteiger partial charge in [0.15, 0.2) is 0 Å². The van der Waals surface area contributed by atoms with Gasteiger partial charge in [0.1, 0.15) is 17.3 Å². The number of fused-ring (bicyclic) bond motifs is 3. The molecule has 8 aromatic rings. The average molecular weight is 829 g/mol. The van der Waals surface area contributed by atoms with E-state index in [0.717, 1.165) is 34.0 Å². The molecule has 9 rings (SSSR count). The Morgan fingerprint density at radius 1 is 0.460 bits per heavy atom. The highest BCUT2D eigenvalue weighted by molar-refractivity contribution is 6.11. The number of ether oxygens (including phenoxy) is 1. The zero-order chi connectivity index (χ0) is 44.3. The highest BCUT2D eigenvalue weighted by atomic mass is 16.5. The van der Waals surface area contributed by atoms with Gasteiger partial charge in [0.25, 0.3) is 0 Å². The number of para-hydroxylation sites is 1. The Hall–Kier alpha value is -6.59. The van der Waals surface area contributed by atoms with E-state index in [1.807, 2.05) is 6.20 Å². The molecule has 0 bridgehead atoms. The standard InChI is InChI=1S/C58H60N4O/c1-55(2,3)42-28-29-59-53(35-42)62-51-27-18-17-26-49(51)54-50(58(9,10)41-22-15-12-16-23-41)37-48(38-52(54)62)63-47-34-44(56(4,5)6)33-46(36-47)61-31-30-60(39-61)45-25-19-24-43(32-45)57(7,8)40-20-13-11-14-21-40/h11-38H,39H2,1-10H3. The fourth-order valence-electron chi connectivity index (χ4n) is 9.11. The van der Waals surface area contributed by atoms with E-state index >= 15 is 0 Å². The van der Waals surface area contributed by atoms with Crippen LogP contribution in [0.4, 0.5) is 11.4 Å². The summed E-state index contributed by atoms with van der Waals surface area (Å²) in [6.45, 7) is 23.5. The molecule has 2 aromatic heterocycles. The maximum Gasteiger partial charge on any atom is 0.137 e. The normalized spacial score (nSPS) is 13.7. The number of rotatable bonds is 9. The Morgan fingerprint density at radius 3 is 1.73 bits per heavy atom. The van der Waals surface area contributed by atoms with Crippen molar-refractivity contribution in [2.45, 2.75) is 90.9 Å². The summed E-state index contributed by atoms with van der Waals surface area (Å²) in [6, 6.07) is 54.9. The fourth-order valence-corrected chi connectivity index (χ4v) is 9.11. The molecular formula is C58H60N4O. The highest BCUT2D eigenvalue weighted by Gasteiger charge is 2.31. The topological polar surface area (TPSA) is 33.5 Å². The molecule has 0 radical (unpaired) electrons. The van der Waals surface area contributed by atoms with E-state index in [-0.39, 0.29) is 21.7 Å². The molecule has 0 N–H and O–H groups in total. The molecule has 0 saturated carbocycles. The zero-order valence-electron chi connectivity index (χ0n) is 38.6. The second-order valence-corrected chi connectivity index (χ2v) is 20.3. The quantitative estimate of drug-likeness (QED) is 0.145. The summed E-state index contributed by atoms with van der Waals surface area (Å²) in [4.78, 5) is 9.66. The third-order valence-corrected chi connectivity index (χ3v) is 13.2. The number of benzene rings is 6. The van der Waals surface area contributed by atoms with Crippen molar-refractivity contribution in [1.29, 1.82) is 0 Å². The molecule has 63 heavy (non-hydrogen) atoms. The molecule has 0 aliphatic carbocycles. The monoisotopic (exact) mass is 828 g/mol. The fraction of sp³-hybridized carbons (Fsp3) is 0.259. The number of hydrogen-bond donors (Lipinski definition) is 0. The van der Waals surface area contributed by atoms with Crippen molar-refractivity contribution >= 4 is 33.2 Å². The van der Waals surface area contributed by atoms with Crippen LogP contribution < -0.4 is 14.5 Å². The third kappa shape index (κ3) is 7.90. The molecule has 1 aliphatic heterocycles. The van der Waals surface area contributed by atoms with E-state index in [2.05, 4.69) is 248 Å². The van der Waals surface area contributed by atoms with Gasteiger partial charge < -0.3 is 14.5 Å². The first-order chi connectivity index (χ1) is 30.0. The van der Waals surface area contributed by atoms with Crippen molar-refractivity contribution < 1.29 is 4.74 Å². The van der Waals surface area contributed by atoms with Crippen LogP contribution in [0.5, 0.6) is 11.5 Å². The molecule has 5 nitrogen and oxygen atoms in total. The van der Waals surface area contributed by atoms with E-state index < -0.39 is 0 Å². The molecule has 5 heteroatoms. The van der Waals surface area contributed by atoms with Crippen LogP contribution in [0.25, 0.3) is 27.6 Å². The van der Waals surface area contributed by atoms with Crippen LogP contribution >= 0.6 is 0 Å². The predicted octanol–water partition coefficient (Wildman–Crippen LogP) is 15.0. The minimum Gasteiger partial charge on any atom is -0.457 e. The minimum atomic E-state index is -0.357. The van der Waals surface area contributed by atoms with Gasteiger partial charge in [-0.2, -0.15) is 0 Å². The second kappa shape index (κ2) is 15.6. The molecule has 0 unspecified atom stereocenters. The van der Waals surface area contributed by atoms with Crippen LogP contribution in [-0.4, -0.2) is 16.2 Å². The molecule has 1 aliphatic rings. The van der Waals surface area contributed by atoms with Crippen molar-refractivity contribution in [2.75, 3.05) is 16.5 Å². The molecule has 0 fully saturated rings. The largest absolute Gasteiger partial charge is 0.457 e. The van der Waals surface area contributed by atoms with Crippen molar-refractivity contribution in [3.8, 4) is 17.3 Å². The lowest BCUT2D eigenvalue weighted by Gasteiger charge is -2.29. The van der Waals surface area contributed by atoms with E-state index in [4.69, 9.17) is 9.72 Å². The second-order valence-electron chi connectivity index (χ2n) is 20.3. The van der Waals surface area contributed by atoms with Gasteiger partial charge in [0.05, 0.1) is 17.7 Å². The lowest BCUT2D eigenvalue weighted by atomic mass is 9.76. The number of hydrogen-bond acceptors (Lipinski definition) is 4.